The van der Waals surface area contributed by atoms with Gasteiger partial charge in [0.05, 0.1) is 19.3 Å². The van der Waals surface area contributed by atoms with Crippen LogP contribution in [0.3, 0.4) is 0 Å². The molecule has 1 aromatic rings. The first-order valence-electron chi connectivity index (χ1n) is 5.02. The summed E-state index contributed by atoms with van der Waals surface area (Å²) in [5.41, 5.74) is -0.991. The lowest BCUT2D eigenvalue weighted by molar-refractivity contribution is -0.142. The third-order valence-corrected chi connectivity index (χ3v) is 3.00. The quantitative estimate of drug-likeness (QED) is 0.844. The maximum absolute atomic E-state index is 12.8. The van der Waals surface area contributed by atoms with Crippen LogP contribution >= 0.6 is 11.6 Å². The van der Waals surface area contributed by atoms with Gasteiger partial charge >= 0.3 is 6.18 Å². The van der Waals surface area contributed by atoms with Crippen molar-refractivity contribution in [3.05, 3.63) is 16.4 Å². The number of nitrogens with zero attached hydrogens (tertiary/aromatic N) is 2. The number of hydrogen-bond acceptors (Lipinski definition) is 3. The fourth-order valence-electron chi connectivity index (χ4n) is 1.79. The highest BCUT2D eigenvalue weighted by Crippen LogP contribution is 2.37. The summed E-state index contributed by atoms with van der Waals surface area (Å²) in [4.78, 5) is 0. The summed E-state index contributed by atoms with van der Waals surface area (Å²) >= 11 is 5.86. The third-order valence-electron chi connectivity index (χ3n) is 2.55. The average Bonchev–Trinajstić information content (AvgIpc) is 2.57. The van der Waals surface area contributed by atoms with Gasteiger partial charge in [0.1, 0.15) is 5.15 Å². The zero-order chi connectivity index (χ0) is 12.6. The lowest BCUT2D eigenvalue weighted by atomic mass is 10.1. The van der Waals surface area contributed by atoms with Crippen molar-refractivity contribution >= 4 is 11.6 Å². The molecule has 1 aromatic heterocycles. The molecule has 0 aliphatic carbocycles. The van der Waals surface area contributed by atoms with E-state index in [1.165, 1.54) is 7.05 Å². The Bertz CT molecular complexity index is 412. The summed E-state index contributed by atoms with van der Waals surface area (Å²) in [5, 5.41) is 6.35. The summed E-state index contributed by atoms with van der Waals surface area (Å²) in [6, 6.07) is -0.568. The number of aromatic nitrogens is 2. The van der Waals surface area contributed by atoms with Crippen molar-refractivity contribution in [1.29, 1.82) is 0 Å². The van der Waals surface area contributed by atoms with Crippen molar-refractivity contribution in [2.24, 2.45) is 7.05 Å². The monoisotopic (exact) mass is 269 g/mol. The fraction of sp³-hybridized carbons (Fsp3) is 0.667. The van der Waals surface area contributed by atoms with Gasteiger partial charge in [0.25, 0.3) is 0 Å². The Morgan fingerprint density at radius 1 is 1.53 bits per heavy atom. The zero-order valence-electron chi connectivity index (χ0n) is 9.01. The van der Waals surface area contributed by atoms with Gasteiger partial charge in [0.2, 0.25) is 0 Å². The molecule has 1 unspecified atom stereocenters. The van der Waals surface area contributed by atoms with Crippen molar-refractivity contribution in [1.82, 2.24) is 15.1 Å². The van der Waals surface area contributed by atoms with Crippen LogP contribution in [0.25, 0.3) is 0 Å². The topological polar surface area (TPSA) is 39.1 Å². The Morgan fingerprint density at radius 2 is 2.24 bits per heavy atom. The average molecular weight is 270 g/mol. The van der Waals surface area contributed by atoms with E-state index in [0.717, 1.165) is 4.68 Å². The molecule has 0 aromatic carbocycles. The maximum Gasteiger partial charge on any atom is 0.435 e. The summed E-state index contributed by atoms with van der Waals surface area (Å²) in [7, 11) is 1.38. The summed E-state index contributed by atoms with van der Waals surface area (Å²) in [6.07, 6.45) is -4.51. The molecule has 0 spiro atoms. The van der Waals surface area contributed by atoms with E-state index in [1.807, 2.05) is 0 Å². The van der Waals surface area contributed by atoms with E-state index in [1.54, 1.807) is 0 Å². The smallest absolute Gasteiger partial charge is 0.378 e. The van der Waals surface area contributed by atoms with Gasteiger partial charge < -0.3 is 10.1 Å². The summed E-state index contributed by atoms with van der Waals surface area (Å²) in [6.45, 7) is 1.14. The third kappa shape index (κ3) is 2.41. The predicted molar refractivity (Wildman–Crippen MR) is 54.8 cm³/mol. The standard InChI is InChI=1S/C9H11ClF3N3O/c1-16-8(10)6(5-4-17-3-2-14-5)7(15-16)9(11,12)13/h5,14H,2-4H2,1H3. The van der Waals surface area contributed by atoms with Crippen LogP contribution in [0.15, 0.2) is 0 Å². The Balaban J connectivity index is 2.43. The highest BCUT2D eigenvalue weighted by Gasteiger charge is 2.41. The molecule has 1 aliphatic rings. The van der Waals surface area contributed by atoms with Gasteiger partial charge in [0, 0.05) is 19.2 Å². The molecule has 0 bridgehead atoms. The minimum atomic E-state index is -4.51. The van der Waals surface area contributed by atoms with Gasteiger partial charge in [-0.2, -0.15) is 18.3 Å². The van der Waals surface area contributed by atoms with Gasteiger partial charge in [-0.05, 0) is 0 Å². The number of halogens is 4. The van der Waals surface area contributed by atoms with Crippen LogP contribution < -0.4 is 5.32 Å². The van der Waals surface area contributed by atoms with Crippen LogP contribution in [0.1, 0.15) is 17.3 Å². The number of rotatable bonds is 1. The summed E-state index contributed by atoms with van der Waals surface area (Å²) in [5.74, 6) is 0. The molecule has 96 valence electrons. The molecule has 1 aliphatic heterocycles. The minimum absolute atomic E-state index is 0.0136. The fourth-order valence-corrected chi connectivity index (χ4v) is 2.05. The Labute approximate surface area is 101 Å². The largest absolute Gasteiger partial charge is 0.435 e. The predicted octanol–water partition coefficient (Wildman–Crippen LogP) is 1.75. The number of alkyl halides is 3. The molecule has 1 atom stereocenters. The second-order valence-electron chi connectivity index (χ2n) is 3.76. The molecule has 0 radical (unpaired) electrons. The van der Waals surface area contributed by atoms with Gasteiger partial charge in [-0.1, -0.05) is 11.6 Å². The minimum Gasteiger partial charge on any atom is -0.378 e. The van der Waals surface area contributed by atoms with Crippen LogP contribution in [0.4, 0.5) is 13.2 Å². The first-order valence-corrected chi connectivity index (χ1v) is 5.39. The van der Waals surface area contributed by atoms with Gasteiger partial charge in [-0.3, -0.25) is 4.68 Å². The van der Waals surface area contributed by atoms with E-state index < -0.39 is 17.9 Å². The van der Waals surface area contributed by atoms with Gasteiger partial charge in [0.15, 0.2) is 5.69 Å². The molecule has 8 heteroatoms. The molecule has 4 nitrogen and oxygen atoms in total. The first kappa shape index (κ1) is 12.7. The lowest BCUT2D eigenvalue weighted by Gasteiger charge is -2.24. The van der Waals surface area contributed by atoms with Crippen LogP contribution in [0.5, 0.6) is 0 Å². The van der Waals surface area contributed by atoms with Gasteiger partial charge in [-0.25, -0.2) is 0 Å². The second kappa shape index (κ2) is 4.47. The van der Waals surface area contributed by atoms with Gasteiger partial charge in [-0.15, -0.1) is 0 Å². The molecule has 2 rings (SSSR count). The molecule has 2 heterocycles. The van der Waals surface area contributed by atoms with E-state index >= 15 is 0 Å². The molecule has 0 amide bonds. The van der Waals surface area contributed by atoms with Crippen molar-refractivity contribution in [3.8, 4) is 0 Å². The molecule has 1 fully saturated rings. The zero-order valence-corrected chi connectivity index (χ0v) is 9.77. The van der Waals surface area contributed by atoms with Crippen LogP contribution in [-0.4, -0.2) is 29.5 Å². The van der Waals surface area contributed by atoms with E-state index in [0.29, 0.717) is 13.2 Å². The molecule has 1 N–H and O–H groups in total. The highest BCUT2D eigenvalue weighted by atomic mass is 35.5. The van der Waals surface area contributed by atoms with Crippen LogP contribution in [-0.2, 0) is 18.0 Å². The van der Waals surface area contributed by atoms with Crippen molar-refractivity contribution in [3.63, 3.8) is 0 Å². The van der Waals surface area contributed by atoms with Crippen molar-refractivity contribution in [2.75, 3.05) is 19.8 Å². The Kier molecular flexibility index (Phi) is 3.33. The number of nitrogens with one attached hydrogen (secondary N) is 1. The molecular formula is C9H11ClF3N3O. The van der Waals surface area contributed by atoms with Crippen LogP contribution in [0, 0.1) is 0 Å². The number of morpholine rings is 1. The molecule has 0 saturated carbocycles. The molecule has 1 saturated heterocycles. The SMILES string of the molecule is Cn1nc(C(F)(F)F)c(C2COCCN2)c1Cl. The molecule has 17 heavy (non-hydrogen) atoms. The normalized spacial score (nSPS) is 21.8. The van der Waals surface area contributed by atoms with E-state index in [2.05, 4.69) is 10.4 Å². The highest BCUT2D eigenvalue weighted by molar-refractivity contribution is 6.30. The summed E-state index contributed by atoms with van der Waals surface area (Å²) < 4.78 is 44.5. The number of hydrogen-bond donors (Lipinski definition) is 1. The first-order chi connectivity index (χ1) is 7.91. The van der Waals surface area contributed by atoms with Crippen LogP contribution in [0.2, 0.25) is 5.15 Å². The van der Waals surface area contributed by atoms with Crippen molar-refractivity contribution < 1.29 is 17.9 Å². The van der Waals surface area contributed by atoms with E-state index in [9.17, 15) is 13.2 Å². The Hall–Kier alpha value is -0.790. The van der Waals surface area contributed by atoms with Crippen molar-refractivity contribution in [2.45, 2.75) is 12.2 Å². The van der Waals surface area contributed by atoms with E-state index in [-0.39, 0.29) is 17.3 Å². The molecular weight excluding hydrogens is 259 g/mol. The van der Waals surface area contributed by atoms with E-state index in [4.69, 9.17) is 16.3 Å². The lowest BCUT2D eigenvalue weighted by Crippen LogP contribution is -2.35. The number of aryl methyl sites for hydroxylation is 1. The maximum atomic E-state index is 12.8. The number of ether oxygens (including phenoxy) is 1. The second-order valence-corrected chi connectivity index (χ2v) is 4.11. The Morgan fingerprint density at radius 3 is 2.76 bits per heavy atom.